The van der Waals surface area contributed by atoms with Gasteiger partial charge in [0.25, 0.3) is 0 Å². The van der Waals surface area contributed by atoms with Gasteiger partial charge in [-0.3, -0.25) is 4.79 Å². The molecule has 0 aromatic carbocycles. The maximum Gasteiger partial charge on any atom is 0.247 e. The van der Waals surface area contributed by atoms with Crippen molar-refractivity contribution in [2.45, 2.75) is 26.2 Å². The Morgan fingerprint density at radius 2 is 2.00 bits per heavy atom. The molecule has 3 nitrogen and oxygen atoms in total. The zero-order chi connectivity index (χ0) is 11.0. The molecule has 0 spiro atoms. The highest BCUT2D eigenvalue weighted by molar-refractivity contribution is 5.87. The van der Waals surface area contributed by atoms with E-state index in [1.165, 1.54) is 6.42 Å². The van der Waals surface area contributed by atoms with Gasteiger partial charge in [0.15, 0.2) is 6.67 Å². The van der Waals surface area contributed by atoms with Crippen LogP contribution in [0.25, 0.3) is 0 Å². The number of rotatable bonds is 6. The molecule has 3 heteroatoms. The maximum atomic E-state index is 11.2. The van der Waals surface area contributed by atoms with E-state index in [9.17, 15) is 4.79 Å². The van der Waals surface area contributed by atoms with Crippen LogP contribution < -0.4 is 5.32 Å². The molecule has 82 valence electrons. The van der Waals surface area contributed by atoms with Crippen molar-refractivity contribution in [2.24, 2.45) is 0 Å². The molecule has 0 saturated heterocycles. The lowest BCUT2D eigenvalue weighted by Crippen LogP contribution is -2.44. The lowest BCUT2D eigenvalue weighted by molar-refractivity contribution is -0.872. The Morgan fingerprint density at radius 3 is 2.50 bits per heavy atom. The van der Waals surface area contributed by atoms with Crippen LogP contribution in [-0.4, -0.2) is 38.2 Å². The summed E-state index contributed by atoms with van der Waals surface area (Å²) in [6.45, 7) is 2.81. The number of hydrogen-bond donors (Lipinski definition) is 1. The van der Waals surface area contributed by atoms with Crippen molar-refractivity contribution < 1.29 is 9.28 Å². The van der Waals surface area contributed by atoms with E-state index in [0.717, 1.165) is 17.3 Å². The molecule has 0 saturated carbocycles. The fourth-order valence-electron chi connectivity index (χ4n) is 0.886. The quantitative estimate of drug-likeness (QED) is 0.299. The van der Waals surface area contributed by atoms with E-state index in [4.69, 9.17) is 0 Å². The van der Waals surface area contributed by atoms with Gasteiger partial charge in [-0.15, -0.1) is 0 Å². The summed E-state index contributed by atoms with van der Waals surface area (Å²) in [5.74, 6) is 0.00848. The number of carbonyl (C=O) groups excluding carboxylic acids is 1. The summed E-state index contributed by atoms with van der Waals surface area (Å²) >= 11 is 0. The van der Waals surface area contributed by atoms with Gasteiger partial charge in [0.2, 0.25) is 5.91 Å². The van der Waals surface area contributed by atoms with Gasteiger partial charge in [-0.2, -0.15) is 0 Å². The highest BCUT2D eigenvalue weighted by Crippen LogP contribution is 1.94. The Balaban J connectivity index is 3.60. The van der Waals surface area contributed by atoms with Crippen molar-refractivity contribution in [3.8, 4) is 0 Å². The molecule has 14 heavy (non-hydrogen) atoms. The van der Waals surface area contributed by atoms with Gasteiger partial charge in [-0.05, 0) is 12.5 Å². The second-order valence-corrected chi connectivity index (χ2v) is 4.53. The Labute approximate surface area is 87.4 Å². The third kappa shape index (κ3) is 9.26. The third-order valence-corrected chi connectivity index (χ3v) is 1.72. The number of allylic oxidation sites excluding steroid dienone is 1. The maximum absolute atomic E-state index is 11.2. The van der Waals surface area contributed by atoms with Crippen LogP contribution in [0.4, 0.5) is 0 Å². The summed E-state index contributed by atoms with van der Waals surface area (Å²) in [6, 6.07) is 0. The predicted octanol–water partition coefficient (Wildman–Crippen LogP) is 1.51. The van der Waals surface area contributed by atoms with Gasteiger partial charge >= 0.3 is 0 Å². The number of nitrogens with one attached hydrogen (secondary N) is 1. The molecule has 0 aliphatic carbocycles. The fourth-order valence-corrected chi connectivity index (χ4v) is 0.886. The summed E-state index contributed by atoms with van der Waals surface area (Å²) in [5.41, 5.74) is 0. The lowest BCUT2D eigenvalue weighted by atomic mass is 10.2. The number of unbranched alkanes of at least 4 members (excludes halogenated alkanes) is 2. The topological polar surface area (TPSA) is 29.1 Å². The molecule has 0 aromatic rings. The third-order valence-electron chi connectivity index (χ3n) is 1.72. The SMILES string of the molecule is CCCC/C=C/C(=O)NC[N+](C)(C)C. The van der Waals surface area contributed by atoms with Crippen LogP contribution in [0.3, 0.4) is 0 Å². The van der Waals surface area contributed by atoms with Gasteiger partial charge < -0.3 is 9.80 Å². The van der Waals surface area contributed by atoms with Crippen LogP contribution >= 0.6 is 0 Å². The highest BCUT2D eigenvalue weighted by atomic mass is 16.1. The van der Waals surface area contributed by atoms with Gasteiger partial charge in [0, 0.05) is 0 Å². The van der Waals surface area contributed by atoms with Crippen LogP contribution in [0.15, 0.2) is 12.2 Å². The molecule has 0 heterocycles. The molecule has 0 radical (unpaired) electrons. The fraction of sp³-hybridized carbons (Fsp3) is 0.727. The van der Waals surface area contributed by atoms with Crippen molar-refractivity contribution in [2.75, 3.05) is 27.8 Å². The number of nitrogens with zero attached hydrogens (tertiary/aromatic N) is 1. The number of quaternary nitrogens is 1. The summed E-state index contributed by atoms with van der Waals surface area (Å²) in [4.78, 5) is 11.2. The minimum atomic E-state index is 0.00848. The van der Waals surface area contributed by atoms with Crippen molar-refractivity contribution in [1.29, 1.82) is 0 Å². The standard InChI is InChI=1S/C11H22N2O/c1-5-6-7-8-9-11(14)12-10-13(2,3)4/h8-9H,5-7,10H2,1-4H3/p+1/b9-8+. The zero-order valence-electron chi connectivity index (χ0n) is 9.84. The minimum Gasteiger partial charge on any atom is -0.314 e. The van der Waals surface area contributed by atoms with Gasteiger partial charge in [0.05, 0.1) is 21.1 Å². The summed E-state index contributed by atoms with van der Waals surface area (Å²) in [6.07, 6.45) is 6.89. The minimum absolute atomic E-state index is 0.00848. The smallest absolute Gasteiger partial charge is 0.247 e. The van der Waals surface area contributed by atoms with Crippen molar-refractivity contribution in [3.63, 3.8) is 0 Å². The second kappa shape index (κ2) is 6.60. The molecule has 0 aromatic heterocycles. The van der Waals surface area contributed by atoms with Crippen LogP contribution in [0, 0.1) is 0 Å². The molecular formula is C11H23N2O+. The summed E-state index contributed by atoms with van der Waals surface area (Å²) < 4.78 is 0.745. The Kier molecular flexibility index (Phi) is 6.21. The normalized spacial score (nSPS) is 12.0. The molecule has 0 aliphatic rings. The molecule has 1 N–H and O–H groups in total. The largest absolute Gasteiger partial charge is 0.314 e. The Morgan fingerprint density at radius 1 is 1.36 bits per heavy atom. The van der Waals surface area contributed by atoms with E-state index in [1.807, 2.05) is 27.2 Å². The molecule has 0 bridgehead atoms. The lowest BCUT2D eigenvalue weighted by Gasteiger charge is -2.23. The van der Waals surface area contributed by atoms with Gasteiger partial charge in [0.1, 0.15) is 0 Å². The van der Waals surface area contributed by atoms with Crippen LogP contribution in [-0.2, 0) is 4.79 Å². The Hall–Kier alpha value is -0.830. The Bertz CT molecular complexity index is 192. The summed E-state index contributed by atoms with van der Waals surface area (Å²) in [7, 11) is 6.13. The first-order chi connectivity index (χ1) is 6.45. The van der Waals surface area contributed by atoms with E-state index in [2.05, 4.69) is 12.2 Å². The molecule has 1 amide bonds. The first-order valence-electron chi connectivity index (χ1n) is 5.20. The predicted molar refractivity (Wildman–Crippen MR) is 59.7 cm³/mol. The highest BCUT2D eigenvalue weighted by Gasteiger charge is 2.06. The van der Waals surface area contributed by atoms with Crippen LogP contribution in [0.2, 0.25) is 0 Å². The molecule has 0 aliphatic heterocycles. The van der Waals surface area contributed by atoms with Crippen LogP contribution in [0.1, 0.15) is 26.2 Å². The zero-order valence-corrected chi connectivity index (χ0v) is 9.84. The molecule has 0 unspecified atom stereocenters. The number of amides is 1. The second-order valence-electron chi connectivity index (χ2n) is 4.53. The monoisotopic (exact) mass is 199 g/mol. The van der Waals surface area contributed by atoms with Gasteiger partial charge in [-0.1, -0.05) is 25.8 Å². The first-order valence-corrected chi connectivity index (χ1v) is 5.20. The van der Waals surface area contributed by atoms with E-state index >= 15 is 0 Å². The van der Waals surface area contributed by atoms with E-state index < -0.39 is 0 Å². The van der Waals surface area contributed by atoms with Crippen molar-refractivity contribution in [3.05, 3.63) is 12.2 Å². The molecule has 0 atom stereocenters. The number of carbonyl (C=O) groups is 1. The van der Waals surface area contributed by atoms with Crippen molar-refractivity contribution in [1.82, 2.24) is 5.32 Å². The van der Waals surface area contributed by atoms with Gasteiger partial charge in [-0.25, -0.2) is 0 Å². The summed E-state index contributed by atoms with van der Waals surface area (Å²) in [5, 5.41) is 2.85. The molecule has 0 rings (SSSR count). The average molecular weight is 199 g/mol. The van der Waals surface area contributed by atoms with E-state index in [0.29, 0.717) is 6.67 Å². The first kappa shape index (κ1) is 13.2. The van der Waals surface area contributed by atoms with E-state index in [1.54, 1.807) is 6.08 Å². The average Bonchev–Trinajstić information content (AvgIpc) is 2.08. The van der Waals surface area contributed by atoms with Crippen LogP contribution in [0.5, 0.6) is 0 Å². The van der Waals surface area contributed by atoms with Crippen molar-refractivity contribution >= 4 is 5.91 Å². The number of hydrogen-bond acceptors (Lipinski definition) is 1. The van der Waals surface area contributed by atoms with E-state index in [-0.39, 0.29) is 5.91 Å². The molecular weight excluding hydrogens is 176 g/mol. The molecule has 0 fully saturated rings.